The zero-order valence-electron chi connectivity index (χ0n) is 19.9. The molecule has 0 saturated heterocycles. The van der Waals surface area contributed by atoms with E-state index in [0.29, 0.717) is 49.4 Å². The minimum atomic E-state index is -0.522. The van der Waals surface area contributed by atoms with E-state index in [0.717, 1.165) is 5.52 Å². The number of nitrogens with one attached hydrogen (secondary N) is 1. The molecular formula is C26H22IN3O6S. The molecule has 9 nitrogen and oxygen atoms in total. The van der Waals surface area contributed by atoms with Crippen molar-refractivity contribution < 1.29 is 28.2 Å². The first-order chi connectivity index (χ1) is 18.0. The van der Waals surface area contributed by atoms with Crippen molar-refractivity contribution in [1.29, 1.82) is 0 Å². The van der Waals surface area contributed by atoms with Gasteiger partial charge in [-0.15, -0.1) is 0 Å². The molecule has 11 heteroatoms. The molecule has 190 valence electrons. The lowest BCUT2D eigenvalue weighted by Gasteiger charge is -2.13. The van der Waals surface area contributed by atoms with Crippen molar-refractivity contribution in [3.05, 3.63) is 75.4 Å². The van der Waals surface area contributed by atoms with Gasteiger partial charge < -0.3 is 18.6 Å². The molecule has 0 saturated carbocycles. The number of carbonyl (C=O) groups is 2. The molecule has 0 aliphatic rings. The Morgan fingerprint density at radius 2 is 1.95 bits per heavy atom. The van der Waals surface area contributed by atoms with Gasteiger partial charge in [-0.25, -0.2) is 15.2 Å². The lowest BCUT2D eigenvalue weighted by atomic mass is 10.2. The molecule has 0 aliphatic carbocycles. The number of carbonyl (C=O) groups excluding carboxylic acids is 2. The van der Waals surface area contributed by atoms with Crippen LogP contribution in [0.25, 0.3) is 11.1 Å². The number of para-hydroxylation sites is 2. The first kappa shape index (κ1) is 26.5. The average molecular weight is 631 g/mol. The molecule has 0 spiro atoms. The summed E-state index contributed by atoms with van der Waals surface area (Å²) < 4.78 is 22.7. The molecule has 1 amide bonds. The number of thioether (sulfide) groups is 1. The molecule has 4 rings (SSSR count). The molecule has 4 aromatic rings. The van der Waals surface area contributed by atoms with Gasteiger partial charge in [0, 0.05) is 0 Å². The standard InChI is InChI=1S/C26H22IN3O6S/c1-3-34-22-13-16(12-19(27)24(22)36-25(32)17-8-10-18(33-2)11-9-17)14-28-30-23(31)15-37-26-29-20-6-4-5-7-21(20)35-26/h4-14H,3,15H2,1-2H3,(H,30,31)/b28-14-. The second-order valence-electron chi connectivity index (χ2n) is 7.41. The highest BCUT2D eigenvalue weighted by atomic mass is 127. The third-order valence-electron chi connectivity index (χ3n) is 4.86. The Kier molecular flexibility index (Phi) is 9.01. The predicted octanol–water partition coefficient (Wildman–Crippen LogP) is 5.30. The minimum Gasteiger partial charge on any atom is -0.497 e. The zero-order chi connectivity index (χ0) is 26.2. The number of esters is 1. The van der Waals surface area contributed by atoms with E-state index < -0.39 is 5.97 Å². The molecule has 1 N–H and O–H groups in total. The molecule has 0 aliphatic heterocycles. The van der Waals surface area contributed by atoms with Gasteiger partial charge in [-0.3, -0.25) is 4.79 Å². The number of rotatable bonds is 10. The van der Waals surface area contributed by atoms with E-state index in [2.05, 4.69) is 38.1 Å². The Balaban J connectivity index is 1.38. The predicted molar refractivity (Wildman–Crippen MR) is 149 cm³/mol. The van der Waals surface area contributed by atoms with E-state index in [1.165, 1.54) is 18.0 Å². The highest BCUT2D eigenvalue weighted by Gasteiger charge is 2.17. The molecule has 3 aromatic carbocycles. The SMILES string of the molecule is CCOc1cc(/C=N\NC(=O)CSc2nc3ccccc3o2)cc(I)c1OC(=O)c1ccc(OC)cc1. The molecule has 1 aromatic heterocycles. The number of nitrogens with zero attached hydrogens (tertiary/aromatic N) is 2. The summed E-state index contributed by atoms with van der Waals surface area (Å²) >= 11 is 3.24. The number of halogens is 1. The summed E-state index contributed by atoms with van der Waals surface area (Å²) in [4.78, 5) is 29.2. The third-order valence-corrected chi connectivity index (χ3v) is 6.49. The number of aromatic nitrogens is 1. The monoisotopic (exact) mass is 631 g/mol. The van der Waals surface area contributed by atoms with Gasteiger partial charge in [-0.05, 0) is 83.6 Å². The van der Waals surface area contributed by atoms with Crippen LogP contribution in [0.1, 0.15) is 22.8 Å². The Hall–Kier alpha value is -3.58. The highest BCUT2D eigenvalue weighted by molar-refractivity contribution is 14.1. The highest BCUT2D eigenvalue weighted by Crippen LogP contribution is 2.34. The number of hydrogen-bond donors (Lipinski definition) is 1. The van der Waals surface area contributed by atoms with Crippen LogP contribution in [0, 0.1) is 3.57 Å². The quantitative estimate of drug-likeness (QED) is 0.0627. The average Bonchev–Trinajstić information content (AvgIpc) is 3.33. The number of benzene rings is 3. The molecule has 1 heterocycles. The summed E-state index contributed by atoms with van der Waals surface area (Å²) in [5, 5.41) is 4.44. The van der Waals surface area contributed by atoms with E-state index in [1.807, 2.05) is 31.2 Å². The summed E-state index contributed by atoms with van der Waals surface area (Å²) in [7, 11) is 1.55. The second-order valence-corrected chi connectivity index (χ2v) is 9.50. The number of hydrogen-bond acceptors (Lipinski definition) is 9. The van der Waals surface area contributed by atoms with E-state index in [4.69, 9.17) is 18.6 Å². The largest absolute Gasteiger partial charge is 0.497 e. The van der Waals surface area contributed by atoms with Crippen LogP contribution in [0.3, 0.4) is 0 Å². The number of ether oxygens (including phenoxy) is 3. The van der Waals surface area contributed by atoms with Crippen molar-refractivity contribution in [1.82, 2.24) is 10.4 Å². The fourth-order valence-electron chi connectivity index (χ4n) is 3.15. The zero-order valence-corrected chi connectivity index (χ0v) is 22.9. The minimum absolute atomic E-state index is 0.0894. The van der Waals surface area contributed by atoms with Crippen molar-refractivity contribution in [2.24, 2.45) is 5.10 Å². The van der Waals surface area contributed by atoms with Crippen LogP contribution < -0.4 is 19.6 Å². The van der Waals surface area contributed by atoms with Gasteiger partial charge in [-0.2, -0.15) is 5.10 Å². The van der Waals surface area contributed by atoms with Gasteiger partial charge in [0.05, 0.1) is 34.8 Å². The molecule has 0 unspecified atom stereocenters. The van der Waals surface area contributed by atoms with Crippen molar-refractivity contribution in [2.45, 2.75) is 12.1 Å². The van der Waals surface area contributed by atoms with Crippen LogP contribution in [-0.4, -0.2) is 42.5 Å². The van der Waals surface area contributed by atoms with Gasteiger partial charge >= 0.3 is 5.97 Å². The first-order valence-electron chi connectivity index (χ1n) is 11.1. The Bertz CT molecular complexity index is 1410. The molecular weight excluding hydrogens is 609 g/mol. The van der Waals surface area contributed by atoms with E-state index in [-0.39, 0.29) is 11.7 Å². The van der Waals surface area contributed by atoms with Gasteiger partial charge in [0.25, 0.3) is 11.1 Å². The molecule has 0 radical (unpaired) electrons. The van der Waals surface area contributed by atoms with Gasteiger partial charge in [-0.1, -0.05) is 23.9 Å². The molecule has 37 heavy (non-hydrogen) atoms. The van der Waals surface area contributed by atoms with Gasteiger partial charge in [0.15, 0.2) is 17.1 Å². The summed E-state index contributed by atoms with van der Waals surface area (Å²) in [5.41, 5.74) is 4.92. The van der Waals surface area contributed by atoms with Crippen LogP contribution in [0.15, 0.2) is 75.4 Å². The van der Waals surface area contributed by atoms with Crippen LogP contribution >= 0.6 is 34.4 Å². The maximum Gasteiger partial charge on any atom is 0.343 e. The van der Waals surface area contributed by atoms with Crippen molar-refractivity contribution in [2.75, 3.05) is 19.5 Å². The Labute approximate surface area is 230 Å². The van der Waals surface area contributed by atoms with Gasteiger partial charge in [0.1, 0.15) is 11.3 Å². The summed E-state index contributed by atoms with van der Waals surface area (Å²) in [6.07, 6.45) is 1.49. The van der Waals surface area contributed by atoms with Crippen LogP contribution in [0.4, 0.5) is 0 Å². The number of amides is 1. The molecule has 0 fully saturated rings. The lowest BCUT2D eigenvalue weighted by molar-refractivity contribution is -0.118. The first-order valence-corrected chi connectivity index (χ1v) is 13.2. The van der Waals surface area contributed by atoms with E-state index >= 15 is 0 Å². The molecule has 0 bridgehead atoms. The Morgan fingerprint density at radius 3 is 2.68 bits per heavy atom. The van der Waals surface area contributed by atoms with Crippen molar-refractivity contribution in [3.63, 3.8) is 0 Å². The van der Waals surface area contributed by atoms with E-state index in [1.54, 1.807) is 43.5 Å². The smallest absolute Gasteiger partial charge is 0.343 e. The van der Waals surface area contributed by atoms with Crippen molar-refractivity contribution in [3.8, 4) is 17.2 Å². The van der Waals surface area contributed by atoms with E-state index in [9.17, 15) is 9.59 Å². The Morgan fingerprint density at radius 1 is 1.16 bits per heavy atom. The maximum absolute atomic E-state index is 12.7. The fraction of sp³-hybridized carbons (Fsp3) is 0.154. The molecule has 0 atom stereocenters. The fourth-order valence-corrected chi connectivity index (χ4v) is 4.52. The summed E-state index contributed by atoms with van der Waals surface area (Å²) in [5.74, 6) is 0.586. The maximum atomic E-state index is 12.7. The van der Waals surface area contributed by atoms with Crippen LogP contribution in [-0.2, 0) is 4.79 Å². The number of oxazole rings is 1. The van der Waals surface area contributed by atoms with Crippen LogP contribution in [0.2, 0.25) is 0 Å². The second kappa shape index (κ2) is 12.6. The topological polar surface area (TPSA) is 112 Å². The lowest BCUT2D eigenvalue weighted by Crippen LogP contribution is -2.19. The number of fused-ring (bicyclic) bond motifs is 1. The third kappa shape index (κ3) is 7.01. The summed E-state index contributed by atoms with van der Waals surface area (Å²) in [6, 6.07) is 17.5. The summed E-state index contributed by atoms with van der Waals surface area (Å²) in [6.45, 7) is 2.20. The van der Waals surface area contributed by atoms with Crippen molar-refractivity contribution >= 4 is 63.5 Å². The van der Waals surface area contributed by atoms with Crippen LogP contribution in [0.5, 0.6) is 17.2 Å². The number of methoxy groups -OCH3 is 1. The normalized spacial score (nSPS) is 11.0. The number of hydrazone groups is 1. The van der Waals surface area contributed by atoms with Gasteiger partial charge in [0.2, 0.25) is 0 Å².